The van der Waals surface area contributed by atoms with E-state index in [2.05, 4.69) is 10.4 Å². The van der Waals surface area contributed by atoms with Crippen molar-refractivity contribution in [2.24, 2.45) is 5.92 Å². The van der Waals surface area contributed by atoms with Crippen LogP contribution in [0.3, 0.4) is 0 Å². The van der Waals surface area contributed by atoms with Crippen LogP contribution in [-0.4, -0.2) is 58.1 Å². The highest BCUT2D eigenvalue weighted by atomic mass is 32.2. The molecule has 0 atom stereocenters. The Labute approximate surface area is 148 Å². The molecule has 1 aliphatic heterocycles. The van der Waals surface area contributed by atoms with E-state index in [9.17, 15) is 9.59 Å². The maximum atomic E-state index is 12.0. The fraction of sp³-hybridized carbons (Fsp3) is 0.706. The molecular formula is C17H28N4O2S. The van der Waals surface area contributed by atoms with E-state index >= 15 is 0 Å². The summed E-state index contributed by atoms with van der Waals surface area (Å²) in [5.74, 6) is 1.34. The highest BCUT2D eigenvalue weighted by molar-refractivity contribution is 7.99. The second kappa shape index (κ2) is 9.11. The summed E-state index contributed by atoms with van der Waals surface area (Å²) in [4.78, 5) is 25.8. The lowest BCUT2D eigenvalue weighted by atomic mass is 9.97. The molecule has 0 bridgehead atoms. The number of hydrogen-bond acceptors (Lipinski definition) is 4. The van der Waals surface area contributed by atoms with Gasteiger partial charge in [0, 0.05) is 38.3 Å². The van der Waals surface area contributed by atoms with Crippen molar-refractivity contribution in [2.75, 3.05) is 31.6 Å². The maximum Gasteiger partial charge on any atom is 0.232 e. The third-order valence-electron chi connectivity index (χ3n) is 4.48. The first-order chi connectivity index (χ1) is 11.5. The molecule has 0 aliphatic carbocycles. The second-order valence-electron chi connectivity index (χ2n) is 6.46. The Morgan fingerprint density at radius 2 is 2.04 bits per heavy atom. The van der Waals surface area contributed by atoms with Gasteiger partial charge in [-0.05, 0) is 44.9 Å². The Morgan fingerprint density at radius 1 is 1.33 bits per heavy atom. The van der Waals surface area contributed by atoms with Gasteiger partial charge in [0.1, 0.15) is 0 Å². The molecule has 1 aliphatic rings. The molecule has 0 spiro atoms. The van der Waals surface area contributed by atoms with Gasteiger partial charge in [-0.3, -0.25) is 14.3 Å². The zero-order chi connectivity index (χ0) is 17.5. The summed E-state index contributed by atoms with van der Waals surface area (Å²) in [7, 11) is 0. The maximum absolute atomic E-state index is 12.0. The largest absolute Gasteiger partial charge is 0.356 e. The van der Waals surface area contributed by atoms with Crippen molar-refractivity contribution in [3.05, 3.63) is 17.5 Å². The number of aromatic nitrogens is 2. The van der Waals surface area contributed by atoms with Crippen molar-refractivity contribution in [2.45, 2.75) is 39.7 Å². The van der Waals surface area contributed by atoms with Gasteiger partial charge in [-0.25, -0.2) is 0 Å². The topological polar surface area (TPSA) is 67.2 Å². The van der Waals surface area contributed by atoms with Crippen LogP contribution in [-0.2, 0) is 16.1 Å². The van der Waals surface area contributed by atoms with Gasteiger partial charge in [-0.15, -0.1) is 0 Å². The van der Waals surface area contributed by atoms with Gasteiger partial charge < -0.3 is 10.2 Å². The molecule has 0 aromatic carbocycles. The first-order valence-corrected chi connectivity index (χ1v) is 9.93. The van der Waals surface area contributed by atoms with Crippen LogP contribution in [0.1, 0.15) is 30.7 Å². The van der Waals surface area contributed by atoms with E-state index in [1.807, 2.05) is 35.8 Å². The number of piperidine rings is 1. The standard InChI is InChI=1S/C17H28N4O2S/c1-13-10-14(2)21(19-13)9-6-16(22)18-11-15-4-7-20(8-5-15)17(23)12-24-3/h10,15H,4-9,11-12H2,1-3H3,(H,18,22). The van der Waals surface area contributed by atoms with Gasteiger partial charge in [0.2, 0.25) is 11.8 Å². The van der Waals surface area contributed by atoms with E-state index in [1.54, 1.807) is 11.8 Å². The molecular weight excluding hydrogens is 324 g/mol. The minimum atomic E-state index is 0.0726. The number of carbonyl (C=O) groups excluding carboxylic acids is 2. The number of nitrogens with zero attached hydrogens (tertiary/aromatic N) is 3. The van der Waals surface area contributed by atoms with Gasteiger partial charge >= 0.3 is 0 Å². The molecule has 134 valence electrons. The van der Waals surface area contributed by atoms with Crippen molar-refractivity contribution < 1.29 is 9.59 Å². The molecule has 2 amide bonds. The molecule has 7 heteroatoms. The van der Waals surface area contributed by atoms with Gasteiger partial charge in [0.15, 0.2) is 0 Å². The minimum Gasteiger partial charge on any atom is -0.356 e. The summed E-state index contributed by atoms with van der Waals surface area (Å²) in [6, 6.07) is 2.02. The third kappa shape index (κ3) is 5.54. The lowest BCUT2D eigenvalue weighted by molar-refractivity contribution is -0.130. The molecule has 0 unspecified atom stereocenters. The molecule has 1 aromatic heterocycles. The van der Waals surface area contributed by atoms with E-state index in [1.165, 1.54) is 0 Å². The Morgan fingerprint density at radius 3 is 2.62 bits per heavy atom. The second-order valence-corrected chi connectivity index (χ2v) is 7.33. The highest BCUT2D eigenvalue weighted by Crippen LogP contribution is 2.17. The van der Waals surface area contributed by atoms with E-state index in [4.69, 9.17) is 0 Å². The molecule has 2 heterocycles. The molecule has 2 rings (SSSR count). The summed E-state index contributed by atoms with van der Waals surface area (Å²) < 4.78 is 1.88. The molecule has 1 aromatic rings. The fourth-order valence-corrected chi connectivity index (χ4v) is 3.49. The molecule has 1 N–H and O–H groups in total. The van der Waals surface area contributed by atoms with Gasteiger partial charge in [0.05, 0.1) is 11.4 Å². The van der Waals surface area contributed by atoms with Crippen LogP contribution in [0, 0.1) is 19.8 Å². The zero-order valence-corrected chi connectivity index (χ0v) is 15.7. The Kier molecular flexibility index (Phi) is 7.15. The van der Waals surface area contributed by atoms with E-state index < -0.39 is 0 Å². The average molecular weight is 353 g/mol. The van der Waals surface area contributed by atoms with Crippen molar-refractivity contribution in [1.29, 1.82) is 0 Å². The van der Waals surface area contributed by atoms with E-state index in [-0.39, 0.29) is 11.8 Å². The number of carbonyl (C=O) groups is 2. The molecule has 0 radical (unpaired) electrons. The zero-order valence-electron chi connectivity index (χ0n) is 14.9. The summed E-state index contributed by atoms with van der Waals surface area (Å²) in [6.07, 6.45) is 4.34. The lowest BCUT2D eigenvalue weighted by Crippen LogP contribution is -2.42. The van der Waals surface area contributed by atoms with Crippen LogP contribution >= 0.6 is 11.8 Å². The van der Waals surface area contributed by atoms with E-state index in [0.717, 1.165) is 37.3 Å². The number of hydrogen-bond donors (Lipinski definition) is 1. The summed E-state index contributed by atoms with van der Waals surface area (Å²) in [6.45, 7) is 6.91. The summed E-state index contributed by atoms with van der Waals surface area (Å²) in [5.41, 5.74) is 2.07. The SMILES string of the molecule is CSCC(=O)N1CCC(CNC(=O)CCn2nc(C)cc2C)CC1. The quantitative estimate of drug-likeness (QED) is 0.809. The van der Waals surface area contributed by atoms with Crippen LogP contribution in [0.2, 0.25) is 0 Å². The Hall–Kier alpha value is -1.50. The number of nitrogens with one attached hydrogen (secondary N) is 1. The van der Waals surface area contributed by atoms with Gasteiger partial charge in [-0.1, -0.05) is 0 Å². The summed E-state index contributed by atoms with van der Waals surface area (Å²) in [5, 5.41) is 7.40. The molecule has 24 heavy (non-hydrogen) atoms. The monoisotopic (exact) mass is 352 g/mol. The van der Waals surface area contributed by atoms with Crippen LogP contribution in [0.25, 0.3) is 0 Å². The van der Waals surface area contributed by atoms with E-state index in [0.29, 0.717) is 31.2 Å². The van der Waals surface area contributed by atoms with Crippen LogP contribution in [0.5, 0.6) is 0 Å². The number of rotatable bonds is 7. The first kappa shape index (κ1) is 18.8. The van der Waals surface area contributed by atoms with Crippen molar-refractivity contribution in [3.8, 4) is 0 Å². The molecule has 6 nitrogen and oxygen atoms in total. The summed E-state index contributed by atoms with van der Waals surface area (Å²) >= 11 is 1.57. The molecule has 1 fully saturated rings. The molecule has 1 saturated heterocycles. The predicted octanol–water partition coefficient (Wildman–Crippen LogP) is 1.61. The van der Waals surface area contributed by atoms with Crippen LogP contribution in [0.4, 0.5) is 0 Å². The van der Waals surface area contributed by atoms with Crippen molar-refractivity contribution in [1.82, 2.24) is 20.0 Å². The Balaban J connectivity index is 1.64. The predicted molar refractivity (Wildman–Crippen MR) is 97.0 cm³/mol. The van der Waals surface area contributed by atoms with Crippen LogP contribution < -0.4 is 5.32 Å². The first-order valence-electron chi connectivity index (χ1n) is 8.54. The van der Waals surface area contributed by atoms with Crippen molar-refractivity contribution in [3.63, 3.8) is 0 Å². The number of likely N-dealkylation sites (tertiary alicyclic amines) is 1. The van der Waals surface area contributed by atoms with Gasteiger partial charge in [0.25, 0.3) is 0 Å². The number of thioether (sulfide) groups is 1. The number of aryl methyl sites for hydroxylation is 3. The fourth-order valence-electron chi connectivity index (χ4n) is 3.06. The Bertz CT molecular complexity index is 565. The van der Waals surface area contributed by atoms with Crippen molar-refractivity contribution >= 4 is 23.6 Å². The average Bonchev–Trinajstić information content (AvgIpc) is 2.89. The molecule has 0 saturated carbocycles. The lowest BCUT2D eigenvalue weighted by Gasteiger charge is -2.32. The normalized spacial score (nSPS) is 15.5. The van der Waals surface area contributed by atoms with Gasteiger partial charge in [-0.2, -0.15) is 16.9 Å². The number of amides is 2. The third-order valence-corrected chi connectivity index (χ3v) is 5.01. The minimum absolute atomic E-state index is 0.0726. The highest BCUT2D eigenvalue weighted by Gasteiger charge is 2.22. The smallest absolute Gasteiger partial charge is 0.232 e. The van der Waals surface area contributed by atoms with Crippen LogP contribution in [0.15, 0.2) is 6.07 Å².